The van der Waals surface area contributed by atoms with E-state index in [4.69, 9.17) is 17.3 Å². The molecule has 0 bridgehead atoms. The molecule has 0 aliphatic carbocycles. The molecule has 0 amide bonds. The van der Waals surface area contributed by atoms with Gasteiger partial charge in [-0.05, 0) is 29.7 Å². The zero-order chi connectivity index (χ0) is 14.1. The Labute approximate surface area is 122 Å². The van der Waals surface area contributed by atoms with Crippen molar-refractivity contribution in [2.24, 2.45) is 12.8 Å². The standard InChI is InChI=1S/C15H17ClN4/c1-19-9-11(8-18-19)4-5-20-10-12(7-17)14-3-2-13(16)6-15(14)20/h2-3,6,8-10H,4-5,7,17H2,1H3. The van der Waals surface area contributed by atoms with Gasteiger partial charge in [0.2, 0.25) is 0 Å². The van der Waals surface area contributed by atoms with E-state index in [1.807, 2.05) is 42.3 Å². The zero-order valence-electron chi connectivity index (χ0n) is 11.4. The number of nitrogens with zero attached hydrogens (tertiary/aromatic N) is 3. The molecule has 0 fully saturated rings. The molecule has 0 spiro atoms. The highest BCUT2D eigenvalue weighted by Gasteiger charge is 2.08. The topological polar surface area (TPSA) is 48.8 Å². The van der Waals surface area contributed by atoms with Crippen molar-refractivity contribution in [3.8, 4) is 0 Å². The predicted octanol–water partition coefficient (Wildman–Crippen LogP) is 2.73. The van der Waals surface area contributed by atoms with Crippen LogP contribution >= 0.6 is 11.6 Å². The van der Waals surface area contributed by atoms with Gasteiger partial charge in [-0.25, -0.2) is 0 Å². The molecule has 3 rings (SSSR count). The van der Waals surface area contributed by atoms with E-state index in [9.17, 15) is 0 Å². The van der Waals surface area contributed by atoms with E-state index in [2.05, 4.69) is 15.9 Å². The van der Waals surface area contributed by atoms with Crippen LogP contribution < -0.4 is 5.73 Å². The molecular weight excluding hydrogens is 272 g/mol. The van der Waals surface area contributed by atoms with E-state index in [1.54, 1.807) is 0 Å². The summed E-state index contributed by atoms with van der Waals surface area (Å²) in [6, 6.07) is 5.95. The van der Waals surface area contributed by atoms with Crippen molar-refractivity contribution in [2.45, 2.75) is 19.5 Å². The number of nitrogens with two attached hydrogens (primary N) is 1. The Morgan fingerprint density at radius 2 is 2.15 bits per heavy atom. The summed E-state index contributed by atoms with van der Waals surface area (Å²) in [7, 11) is 1.93. The van der Waals surface area contributed by atoms with Crippen LogP contribution in [0.3, 0.4) is 0 Å². The summed E-state index contributed by atoms with van der Waals surface area (Å²) in [5, 5.41) is 6.13. The summed E-state index contributed by atoms with van der Waals surface area (Å²) < 4.78 is 4.04. The van der Waals surface area contributed by atoms with Gasteiger partial charge in [-0.1, -0.05) is 17.7 Å². The van der Waals surface area contributed by atoms with Crippen LogP contribution in [0.25, 0.3) is 10.9 Å². The smallest absolute Gasteiger partial charge is 0.0522 e. The Kier molecular flexibility index (Phi) is 3.51. The first-order chi connectivity index (χ1) is 9.67. The molecule has 1 aromatic carbocycles. The minimum atomic E-state index is 0.540. The molecule has 3 aromatic rings. The van der Waals surface area contributed by atoms with Crippen LogP contribution in [0.1, 0.15) is 11.1 Å². The molecule has 2 aromatic heterocycles. The average molecular weight is 289 g/mol. The van der Waals surface area contributed by atoms with Crippen molar-refractivity contribution in [3.05, 3.63) is 52.9 Å². The summed E-state index contributed by atoms with van der Waals surface area (Å²) in [6.07, 6.45) is 7.01. The maximum Gasteiger partial charge on any atom is 0.0522 e. The Bertz CT molecular complexity index is 741. The minimum absolute atomic E-state index is 0.540. The Balaban J connectivity index is 1.92. The summed E-state index contributed by atoms with van der Waals surface area (Å²) in [5.41, 5.74) is 9.34. The number of aromatic nitrogens is 3. The second-order valence-corrected chi connectivity index (χ2v) is 5.42. The van der Waals surface area contributed by atoms with Crippen LogP contribution in [0.4, 0.5) is 0 Å². The van der Waals surface area contributed by atoms with Crippen LogP contribution in [0.2, 0.25) is 5.02 Å². The lowest BCUT2D eigenvalue weighted by molar-refractivity contribution is 0.717. The number of aryl methyl sites for hydroxylation is 3. The number of fused-ring (bicyclic) bond motifs is 1. The van der Waals surface area contributed by atoms with E-state index in [1.165, 1.54) is 10.9 Å². The molecular formula is C15H17ClN4. The van der Waals surface area contributed by atoms with Crippen molar-refractivity contribution < 1.29 is 0 Å². The molecule has 104 valence electrons. The van der Waals surface area contributed by atoms with Gasteiger partial charge in [-0.15, -0.1) is 0 Å². The van der Waals surface area contributed by atoms with Crippen LogP contribution in [0.5, 0.6) is 0 Å². The van der Waals surface area contributed by atoms with Gasteiger partial charge < -0.3 is 10.3 Å². The monoisotopic (exact) mass is 288 g/mol. The second kappa shape index (κ2) is 5.31. The van der Waals surface area contributed by atoms with Gasteiger partial charge in [-0.3, -0.25) is 4.68 Å². The predicted molar refractivity (Wildman–Crippen MR) is 81.8 cm³/mol. The fourth-order valence-corrected chi connectivity index (χ4v) is 2.71. The number of rotatable bonds is 4. The van der Waals surface area contributed by atoms with E-state index in [0.29, 0.717) is 6.54 Å². The molecule has 2 N–H and O–H groups in total. The summed E-state index contributed by atoms with van der Waals surface area (Å²) >= 11 is 6.11. The van der Waals surface area contributed by atoms with Gasteiger partial charge in [0.25, 0.3) is 0 Å². The van der Waals surface area contributed by atoms with E-state index >= 15 is 0 Å². The van der Waals surface area contributed by atoms with Crippen LogP contribution in [0, 0.1) is 0 Å². The van der Waals surface area contributed by atoms with E-state index < -0.39 is 0 Å². The fraction of sp³-hybridized carbons (Fsp3) is 0.267. The highest BCUT2D eigenvalue weighted by Crippen LogP contribution is 2.25. The maximum absolute atomic E-state index is 6.11. The molecule has 4 nitrogen and oxygen atoms in total. The highest BCUT2D eigenvalue weighted by atomic mass is 35.5. The molecule has 5 heteroatoms. The van der Waals surface area contributed by atoms with Gasteiger partial charge in [0, 0.05) is 48.5 Å². The van der Waals surface area contributed by atoms with Crippen molar-refractivity contribution in [3.63, 3.8) is 0 Å². The Morgan fingerprint density at radius 1 is 1.30 bits per heavy atom. The third-order valence-corrected chi connectivity index (χ3v) is 3.78. The second-order valence-electron chi connectivity index (χ2n) is 4.99. The molecule has 0 aliphatic heterocycles. The quantitative estimate of drug-likeness (QED) is 0.802. The normalized spacial score (nSPS) is 11.3. The highest BCUT2D eigenvalue weighted by molar-refractivity contribution is 6.31. The largest absolute Gasteiger partial charge is 0.347 e. The van der Waals surface area contributed by atoms with Gasteiger partial charge in [0.1, 0.15) is 0 Å². The van der Waals surface area contributed by atoms with Crippen LogP contribution in [-0.2, 0) is 26.6 Å². The number of hydrogen-bond donors (Lipinski definition) is 1. The summed E-state index contributed by atoms with van der Waals surface area (Å²) in [4.78, 5) is 0. The van der Waals surface area contributed by atoms with Crippen molar-refractivity contribution in [2.75, 3.05) is 0 Å². The van der Waals surface area contributed by atoms with E-state index in [0.717, 1.165) is 29.1 Å². The lowest BCUT2D eigenvalue weighted by Gasteiger charge is -2.04. The third-order valence-electron chi connectivity index (χ3n) is 3.55. The van der Waals surface area contributed by atoms with E-state index in [-0.39, 0.29) is 0 Å². The number of halogens is 1. The molecule has 2 heterocycles. The van der Waals surface area contributed by atoms with Gasteiger partial charge in [0.15, 0.2) is 0 Å². The lowest BCUT2D eigenvalue weighted by atomic mass is 10.2. The van der Waals surface area contributed by atoms with Crippen LogP contribution in [-0.4, -0.2) is 14.3 Å². The molecule has 0 unspecified atom stereocenters. The third kappa shape index (κ3) is 2.44. The molecule has 0 saturated heterocycles. The Hall–Kier alpha value is -1.78. The average Bonchev–Trinajstić information content (AvgIpc) is 3.00. The molecule has 0 radical (unpaired) electrons. The number of benzene rings is 1. The first kappa shape index (κ1) is 13.2. The zero-order valence-corrected chi connectivity index (χ0v) is 12.1. The molecule has 0 atom stereocenters. The minimum Gasteiger partial charge on any atom is -0.347 e. The number of hydrogen-bond acceptors (Lipinski definition) is 2. The Morgan fingerprint density at radius 3 is 2.85 bits per heavy atom. The van der Waals surface area contributed by atoms with Crippen LogP contribution in [0.15, 0.2) is 36.8 Å². The fourth-order valence-electron chi connectivity index (χ4n) is 2.54. The maximum atomic E-state index is 6.11. The SMILES string of the molecule is Cn1cc(CCn2cc(CN)c3ccc(Cl)cc32)cn1. The summed E-state index contributed by atoms with van der Waals surface area (Å²) in [5.74, 6) is 0. The first-order valence-corrected chi connectivity index (χ1v) is 7.00. The molecule has 0 aliphatic rings. The van der Waals surface area contributed by atoms with Crippen molar-refractivity contribution in [1.82, 2.24) is 14.3 Å². The van der Waals surface area contributed by atoms with Gasteiger partial charge in [0.05, 0.1) is 6.20 Å². The molecule has 0 saturated carbocycles. The molecule has 20 heavy (non-hydrogen) atoms. The van der Waals surface area contributed by atoms with Crippen molar-refractivity contribution in [1.29, 1.82) is 0 Å². The lowest BCUT2D eigenvalue weighted by Crippen LogP contribution is -2.00. The van der Waals surface area contributed by atoms with Gasteiger partial charge >= 0.3 is 0 Å². The summed E-state index contributed by atoms with van der Waals surface area (Å²) in [6.45, 7) is 1.43. The van der Waals surface area contributed by atoms with Gasteiger partial charge in [-0.2, -0.15) is 5.10 Å². The first-order valence-electron chi connectivity index (χ1n) is 6.62. The van der Waals surface area contributed by atoms with Crippen molar-refractivity contribution >= 4 is 22.5 Å².